The Kier molecular flexibility index (Phi) is 5.60. The number of benzene rings is 2. The zero-order valence-electron chi connectivity index (χ0n) is 19.9. The van der Waals surface area contributed by atoms with Crippen LogP contribution in [-0.2, 0) is 11.3 Å². The van der Waals surface area contributed by atoms with Crippen molar-refractivity contribution in [3.05, 3.63) is 70.7 Å². The summed E-state index contributed by atoms with van der Waals surface area (Å²) in [7, 11) is 0. The Bertz CT molecular complexity index is 1250. The number of aromatic nitrogens is 1. The molecule has 6 rings (SSSR count). The first-order valence-electron chi connectivity index (χ1n) is 12.5. The van der Waals surface area contributed by atoms with Crippen LogP contribution >= 0.6 is 0 Å². The number of anilines is 1. The fourth-order valence-corrected chi connectivity index (χ4v) is 5.91. The fraction of sp³-hybridized carbons (Fsp3) is 0.429. The Morgan fingerprint density at radius 2 is 1.89 bits per heavy atom. The molecule has 3 atom stereocenters. The number of fused-ring (bicyclic) bond motifs is 2. The second kappa shape index (κ2) is 8.79. The van der Waals surface area contributed by atoms with Crippen molar-refractivity contribution >= 4 is 11.6 Å². The van der Waals surface area contributed by atoms with Crippen molar-refractivity contribution in [1.82, 2.24) is 5.16 Å². The highest BCUT2D eigenvalue weighted by Crippen LogP contribution is 2.45. The summed E-state index contributed by atoms with van der Waals surface area (Å²) < 4.78 is 27.2. The summed E-state index contributed by atoms with van der Waals surface area (Å²) in [5.41, 5.74) is 10.3. The summed E-state index contributed by atoms with van der Waals surface area (Å²) >= 11 is 0. The number of hydrogen-bond acceptors (Lipinski definition) is 5. The summed E-state index contributed by atoms with van der Waals surface area (Å²) in [4.78, 5) is 13.6. The van der Waals surface area contributed by atoms with Crippen LogP contribution in [0.2, 0.25) is 0 Å². The van der Waals surface area contributed by atoms with Gasteiger partial charge in [0.25, 0.3) is 0 Å². The van der Waals surface area contributed by atoms with Crippen LogP contribution in [0.3, 0.4) is 0 Å². The van der Waals surface area contributed by atoms with Gasteiger partial charge < -0.3 is 19.9 Å². The van der Waals surface area contributed by atoms with Gasteiger partial charge in [0.2, 0.25) is 5.91 Å². The standard InChI is InChI=1S/C28H30FN3O3/c1-16-4-2-3-5-22(16)26-23(27(35-31-26)17-6-7-17)15-34-21-13-19-9-10-20(14-21)32(19)25-11-8-18(28(30)33)12-24(25)29/h2-5,8,11-12,17,19-21H,6-7,9-10,13-15H2,1H3,(H2,30,33)/t19-,20?,21?/m0/s1. The van der Waals surface area contributed by atoms with Gasteiger partial charge in [0.1, 0.15) is 17.3 Å². The SMILES string of the molecule is Cc1ccccc1-c1noc(C2CC2)c1COC1CC2CC[C@@H](C1)N2c1ccc(C(N)=O)cc1F. The third-order valence-electron chi connectivity index (χ3n) is 7.83. The molecule has 3 aliphatic rings. The fourth-order valence-electron chi connectivity index (χ4n) is 5.91. The quantitative estimate of drug-likeness (QED) is 0.489. The van der Waals surface area contributed by atoms with E-state index in [0.717, 1.165) is 61.1 Å². The molecule has 6 nitrogen and oxygen atoms in total. The molecule has 2 aliphatic heterocycles. The molecule has 1 amide bonds. The second-order valence-corrected chi connectivity index (χ2v) is 10.2. The number of rotatable bonds is 7. The molecule has 3 heterocycles. The van der Waals surface area contributed by atoms with Crippen LogP contribution in [-0.4, -0.2) is 29.3 Å². The number of nitrogens with zero attached hydrogens (tertiary/aromatic N) is 2. The van der Waals surface area contributed by atoms with Crippen LogP contribution in [0.1, 0.15) is 71.7 Å². The maximum absolute atomic E-state index is 14.9. The minimum Gasteiger partial charge on any atom is -0.373 e. The lowest BCUT2D eigenvalue weighted by molar-refractivity contribution is 0.0146. The van der Waals surface area contributed by atoms with E-state index in [0.29, 0.717) is 18.2 Å². The van der Waals surface area contributed by atoms with Crippen molar-refractivity contribution in [2.75, 3.05) is 4.90 Å². The molecule has 1 aromatic heterocycles. The predicted molar refractivity (Wildman–Crippen MR) is 131 cm³/mol. The summed E-state index contributed by atoms with van der Waals surface area (Å²) in [6.07, 6.45) is 6.08. The Balaban J connectivity index is 1.19. The highest BCUT2D eigenvalue weighted by Gasteiger charge is 2.42. The third-order valence-corrected chi connectivity index (χ3v) is 7.83. The predicted octanol–water partition coefficient (Wildman–Crippen LogP) is 5.48. The van der Waals surface area contributed by atoms with Gasteiger partial charge >= 0.3 is 0 Å². The molecule has 7 heteroatoms. The first-order valence-corrected chi connectivity index (χ1v) is 12.5. The second-order valence-electron chi connectivity index (χ2n) is 10.2. The van der Waals surface area contributed by atoms with E-state index in [-0.39, 0.29) is 29.6 Å². The average Bonchev–Trinajstić information content (AvgIpc) is 3.55. The number of aryl methyl sites for hydroxylation is 1. The summed E-state index contributed by atoms with van der Waals surface area (Å²) in [6.45, 7) is 2.57. The lowest BCUT2D eigenvalue weighted by Gasteiger charge is -2.40. The number of piperidine rings is 1. The Labute approximate surface area is 204 Å². The van der Waals surface area contributed by atoms with Gasteiger partial charge in [-0.25, -0.2) is 4.39 Å². The molecular formula is C28H30FN3O3. The first kappa shape index (κ1) is 22.3. The molecule has 182 valence electrons. The van der Waals surface area contributed by atoms with E-state index in [1.54, 1.807) is 12.1 Å². The number of carbonyl (C=O) groups excluding carboxylic acids is 1. The highest BCUT2D eigenvalue weighted by molar-refractivity contribution is 5.93. The molecule has 2 aromatic carbocycles. The van der Waals surface area contributed by atoms with E-state index in [2.05, 4.69) is 29.1 Å². The molecule has 2 N–H and O–H groups in total. The lowest BCUT2D eigenvalue weighted by Crippen LogP contribution is -2.46. The number of hydrogen-bond donors (Lipinski definition) is 1. The van der Waals surface area contributed by atoms with E-state index in [4.69, 9.17) is 15.0 Å². The van der Waals surface area contributed by atoms with Crippen LogP contribution in [0.4, 0.5) is 10.1 Å². The zero-order valence-corrected chi connectivity index (χ0v) is 19.9. The minimum absolute atomic E-state index is 0.100. The summed E-state index contributed by atoms with van der Waals surface area (Å²) in [5, 5.41) is 4.46. The van der Waals surface area contributed by atoms with Crippen LogP contribution in [0.5, 0.6) is 0 Å². The van der Waals surface area contributed by atoms with Crippen molar-refractivity contribution in [1.29, 1.82) is 0 Å². The number of nitrogens with two attached hydrogens (primary N) is 1. The van der Waals surface area contributed by atoms with Crippen molar-refractivity contribution in [3.8, 4) is 11.3 Å². The molecular weight excluding hydrogens is 445 g/mol. The van der Waals surface area contributed by atoms with Gasteiger partial charge in [0.05, 0.1) is 18.4 Å². The molecule has 1 aliphatic carbocycles. The number of ether oxygens (including phenoxy) is 1. The van der Waals surface area contributed by atoms with E-state index in [1.807, 2.05) is 12.1 Å². The van der Waals surface area contributed by atoms with Crippen molar-refractivity contribution in [2.45, 2.75) is 76.2 Å². The number of primary amides is 1. The largest absolute Gasteiger partial charge is 0.373 e. The number of halogens is 1. The Morgan fingerprint density at radius 1 is 1.14 bits per heavy atom. The van der Waals surface area contributed by atoms with Crippen molar-refractivity contribution in [3.63, 3.8) is 0 Å². The molecule has 2 unspecified atom stereocenters. The van der Waals surface area contributed by atoms with Crippen LogP contribution in [0.15, 0.2) is 47.0 Å². The van der Waals surface area contributed by atoms with Gasteiger partial charge in [-0.15, -0.1) is 0 Å². The Hall–Kier alpha value is -3.19. The average molecular weight is 476 g/mol. The van der Waals surface area contributed by atoms with E-state index < -0.39 is 5.91 Å². The highest BCUT2D eigenvalue weighted by atomic mass is 19.1. The molecule has 3 aromatic rings. The molecule has 2 saturated heterocycles. The van der Waals surface area contributed by atoms with Gasteiger partial charge in [0.15, 0.2) is 0 Å². The van der Waals surface area contributed by atoms with Crippen LogP contribution < -0.4 is 10.6 Å². The monoisotopic (exact) mass is 475 g/mol. The number of amides is 1. The smallest absolute Gasteiger partial charge is 0.248 e. The van der Waals surface area contributed by atoms with Gasteiger partial charge in [-0.05, 0) is 69.2 Å². The van der Waals surface area contributed by atoms with Crippen molar-refractivity contribution in [2.24, 2.45) is 5.73 Å². The van der Waals surface area contributed by atoms with E-state index in [1.165, 1.54) is 11.6 Å². The molecule has 35 heavy (non-hydrogen) atoms. The molecule has 3 fully saturated rings. The number of carbonyl (C=O) groups is 1. The topological polar surface area (TPSA) is 81.6 Å². The molecule has 0 spiro atoms. The zero-order chi connectivity index (χ0) is 24.1. The van der Waals surface area contributed by atoms with Crippen molar-refractivity contribution < 1.29 is 18.4 Å². The maximum Gasteiger partial charge on any atom is 0.248 e. The van der Waals surface area contributed by atoms with Crippen LogP contribution in [0, 0.1) is 12.7 Å². The van der Waals surface area contributed by atoms with Gasteiger partial charge in [-0.3, -0.25) is 4.79 Å². The maximum atomic E-state index is 14.9. The molecule has 1 saturated carbocycles. The normalized spacial score (nSPS) is 23.6. The van der Waals surface area contributed by atoms with E-state index in [9.17, 15) is 9.18 Å². The first-order chi connectivity index (χ1) is 17.0. The van der Waals surface area contributed by atoms with Gasteiger partial charge in [-0.1, -0.05) is 29.4 Å². The minimum atomic E-state index is -0.616. The van der Waals surface area contributed by atoms with Gasteiger partial charge in [0, 0.05) is 34.7 Å². The summed E-state index contributed by atoms with van der Waals surface area (Å²) in [5.74, 6) is 0.414. The summed E-state index contributed by atoms with van der Waals surface area (Å²) in [6, 6.07) is 13.2. The van der Waals surface area contributed by atoms with E-state index >= 15 is 0 Å². The molecule has 0 radical (unpaired) electrons. The third kappa shape index (κ3) is 4.12. The molecule has 2 bridgehead atoms. The van der Waals surface area contributed by atoms with Crippen LogP contribution in [0.25, 0.3) is 11.3 Å². The van der Waals surface area contributed by atoms with Gasteiger partial charge in [-0.2, -0.15) is 0 Å². The lowest BCUT2D eigenvalue weighted by atomic mass is 9.97. The Morgan fingerprint density at radius 3 is 2.54 bits per heavy atom.